The second-order valence-corrected chi connectivity index (χ2v) is 6.98. The minimum absolute atomic E-state index is 0.304. The Morgan fingerprint density at radius 3 is 1.47 bits per heavy atom. The van der Waals surface area contributed by atoms with Crippen molar-refractivity contribution in [3.05, 3.63) is 90.0 Å². The number of benzene rings is 2. The van der Waals surface area contributed by atoms with Crippen LogP contribution in [0.15, 0.2) is 78.9 Å². The molecule has 2 amide bonds. The highest BCUT2D eigenvalue weighted by atomic mass is 16.2. The molecule has 0 radical (unpaired) electrons. The molecule has 3 rings (SSSR count). The fraction of sp³-hybridized carbons (Fsp3) is 0.174. The van der Waals surface area contributed by atoms with Gasteiger partial charge in [-0.15, -0.1) is 0 Å². The predicted octanol–water partition coefficient (Wildman–Crippen LogP) is 2.10. The van der Waals surface area contributed by atoms with Crippen LogP contribution < -0.4 is 22.1 Å². The van der Waals surface area contributed by atoms with Gasteiger partial charge in [-0.05, 0) is 36.1 Å². The molecule has 0 fully saturated rings. The highest BCUT2D eigenvalue weighted by Gasteiger charge is 2.17. The van der Waals surface area contributed by atoms with Crippen molar-refractivity contribution in [3.63, 3.8) is 0 Å². The fourth-order valence-electron chi connectivity index (χ4n) is 2.93. The molecule has 0 saturated heterocycles. The summed E-state index contributed by atoms with van der Waals surface area (Å²) < 4.78 is 0. The second-order valence-electron chi connectivity index (χ2n) is 6.98. The van der Waals surface area contributed by atoms with Gasteiger partial charge in [0.2, 0.25) is 11.8 Å². The van der Waals surface area contributed by atoms with E-state index in [2.05, 4.69) is 15.6 Å². The molecule has 0 aliphatic carbocycles. The normalized spacial score (nSPS) is 12.6. The number of hydrogen-bond donors (Lipinski definition) is 4. The Labute approximate surface area is 175 Å². The number of nitrogens with zero attached hydrogens (tertiary/aromatic N) is 1. The maximum Gasteiger partial charge on any atom is 0.242 e. The first-order valence-electron chi connectivity index (χ1n) is 9.69. The zero-order valence-electron chi connectivity index (χ0n) is 16.5. The molecule has 3 aromatic rings. The number of pyridine rings is 1. The lowest BCUT2D eigenvalue weighted by Gasteiger charge is -2.14. The Hall–Kier alpha value is -3.55. The lowest BCUT2D eigenvalue weighted by Crippen LogP contribution is -2.38. The van der Waals surface area contributed by atoms with Gasteiger partial charge in [0.1, 0.15) is 11.6 Å². The number of aromatic nitrogens is 1. The minimum atomic E-state index is -0.716. The third kappa shape index (κ3) is 6.23. The van der Waals surface area contributed by atoms with E-state index in [-0.39, 0.29) is 11.8 Å². The maximum atomic E-state index is 12.4. The van der Waals surface area contributed by atoms with Crippen molar-refractivity contribution in [1.29, 1.82) is 0 Å². The van der Waals surface area contributed by atoms with Crippen LogP contribution in [0, 0.1) is 0 Å². The number of carbonyl (C=O) groups is 2. The molecule has 0 aliphatic heterocycles. The molecule has 2 atom stereocenters. The van der Waals surface area contributed by atoms with Crippen LogP contribution in [0.4, 0.5) is 11.6 Å². The van der Waals surface area contributed by atoms with E-state index in [9.17, 15) is 9.59 Å². The number of nitrogens with one attached hydrogen (secondary N) is 2. The summed E-state index contributed by atoms with van der Waals surface area (Å²) in [4.78, 5) is 29.0. The van der Waals surface area contributed by atoms with E-state index in [1.807, 2.05) is 60.7 Å². The first-order valence-corrected chi connectivity index (χ1v) is 9.69. The summed E-state index contributed by atoms with van der Waals surface area (Å²) in [6.07, 6.45) is 0.828. The van der Waals surface area contributed by atoms with E-state index in [0.717, 1.165) is 11.1 Å². The Bertz CT molecular complexity index is 902. The maximum absolute atomic E-state index is 12.4. The average molecular weight is 403 g/mol. The third-order valence-corrected chi connectivity index (χ3v) is 4.52. The molecule has 1 aromatic heterocycles. The highest BCUT2D eigenvalue weighted by Crippen LogP contribution is 2.11. The van der Waals surface area contributed by atoms with E-state index in [1.54, 1.807) is 18.2 Å². The number of nitrogens with two attached hydrogens (primary N) is 2. The van der Waals surface area contributed by atoms with Gasteiger partial charge in [0.15, 0.2) is 0 Å². The number of anilines is 2. The molecule has 0 spiro atoms. The van der Waals surface area contributed by atoms with E-state index in [4.69, 9.17) is 11.5 Å². The molecule has 154 valence electrons. The second kappa shape index (κ2) is 10.3. The number of amides is 2. The van der Waals surface area contributed by atoms with E-state index < -0.39 is 12.1 Å². The van der Waals surface area contributed by atoms with Gasteiger partial charge in [0.05, 0.1) is 12.1 Å². The molecule has 0 unspecified atom stereocenters. The molecule has 0 aliphatic rings. The highest BCUT2D eigenvalue weighted by molar-refractivity contribution is 5.96. The summed E-state index contributed by atoms with van der Waals surface area (Å²) in [5, 5.41) is 5.37. The van der Waals surface area contributed by atoms with Gasteiger partial charge in [-0.1, -0.05) is 66.7 Å². The van der Waals surface area contributed by atoms with Gasteiger partial charge in [0, 0.05) is 0 Å². The van der Waals surface area contributed by atoms with Gasteiger partial charge >= 0.3 is 0 Å². The molecule has 0 bridgehead atoms. The molecule has 7 heteroatoms. The van der Waals surface area contributed by atoms with Gasteiger partial charge in [-0.25, -0.2) is 4.98 Å². The van der Waals surface area contributed by atoms with Crippen LogP contribution in [0.5, 0.6) is 0 Å². The average Bonchev–Trinajstić information content (AvgIpc) is 2.75. The van der Waals surface area contributed by atoms with Gasteiger partial charge in [0.25, 0.3) is 0 Å². The summed E-state index contributed by atoms with van der Waals surface area (Å²) in [5.74, 6) is -0.0953. The zero-order valence-corrected chi connectivity index (χ0v) is 16.5. The van der Waals surface area contributed by atoms with Crippen molar-refractivity contribution in [1.82, 2.24) is 4.98 Å². The largest absolute Gasteiger partial charge is 0.320 e. The molecular formula is C23H25N5O2. The summed E-state index contributed by atoms with van der Waals surface area (Å²) in [6, 6.07) is 22.6. The Kier molecular flexibility index (Phi) is 7.26. The van der Waals surface area contributed by atoms with Crippen LogP contribution in [0.25, 0.3) is 0 Å². The van der Waals surface area contributed by atoms with Gasteiger partial charge < -0.3 is 22.1 Å². The van der Waals surface area contributed by atoms with Gasteiger partial charge in [-0.3, -0.25) is 9.59 Å². The Morgan fingerprint density at radius 2 is 1.07 bits per heavy atom. The molecule has 30 heavy (non-hydrogen) atoms. The first kappa shape index (κ1) is 21.2. The molecule has 7 nitrogen and oxygen atoms in total. The summed E-state index contributed by atoms with van der Waals surface area (Å²) in [7, 11) is 0. The molecule has 1 heterocycles. The lowest BCUT2D eigenvalue weighted by molar-refractivity contribution is -0.118. The predicted molar refractivity (Wildman–Crippen MR) is 118 cm³/mol. The van der Waals surface area contributed by atoms with E-state index in [0.29, 0.717) is 24.5 Å². The van der Waals surface area contributed by atoms with E-state index >= 15 is 0 Å². The number of rotatable bonds is 8. The lowest BCUT2D eigenvalue weighted by atomic mass is 10.1. The van der Waals surface area contributed by atoms with Crippen LogP contribution in [-0.2, 0) is 22.4 Å². The quantitative estimate of drug-likeness (QED) is 0.459. The minimum Gasteiger partial charge on any atom is -0.320 e. The zero-order chi connectivity index (χ0) is 21.3. The molecule has 6 N–H and O–H groups in total. The fourth-order valence-corrected chi connectivity index (χ4v) is 2.93. The van der Waals surface area contributed by atoms with Crippen molar-refractivity contribution >= 4 is 23.5 Å². The number of hydrogen-bond acceptors (Lipinski definition) is 5. The van der Waals surface area contributed by atoms with Crippen LogP contribution in [-0.4, -0.2) is 28.9 Å². The van der Waals surface area contributed by atoms with Crippen LogP contribution >= 0.6 is 0 Å². The Balaban J connectivity index is 1.56. The summed E-state index contributed by atoms with van der Waals surface area (Å²) in [6.45, 7) is 0. The van der Waals surface area contributed by atoms with Gasteiger partial charge in [-0.2, -0.15) is 0 Å². The van der Waals surface area contributed by atoms with Crippen molar-refractivity contribution in [2.75, 3.05) is 10.6 Å². The smallest absolute Gasteiger partial charge is 0.242 e. The standard InChI is InChI=1S/C23H25N5O2/c24-18(14-16-8-3-1-4-9-16)22(29)27-20-12-7-13-21(26-20)28-23(30)19(25)15-17-10-5-2-6-11-17/h1-13,18-19H,14-15,24-25H2,(H2,26,27,28,29,30)/t18-,19-/m0/s1. The van der Waals surface area contributed by atoms with Crippen LogP contribution in [0.2, 0.25) is 0 Å². The first-order chi connectivity index (χ1) is 14.5. The summed E-state index contributed by atoms with van der Waals surface area (Å²) >= 11 is 0. The van der Waals surface area contributed by atoms with Crippen molar-refractivity contribution in [2.24, 2.45) is 11.5 Å². The van der Waals surface area contributed by atoms with Crippen molar-refractivity contribution < 1.29 is 9.59 Å². The Morgan fingerprint density at radius 1 is 0.667 bits per heavy atom. The summed E-state index contributed by atoms with van der Waals surface area (Å²) in [5.41, 5.74) is 14.0. The van der Waals surface area contributed by atoms with Crippen molar-refractivity contribution in [2.45, 2.75) is 24.9 Å². The van der Waals surface area contributed by atoms with Crippen molar-refractivity contribution in [3.8, 4) is 0 Å². The monoisotopic (exact) mass is 403 g/mol. The van der Waals surface area contributed by atoms with E-state index in [1.165, 1.54) is 0 Å². The van der Waals surface area contributed by atoms with Crippen LogP contribution in [0.1, 0.15) is 11.1 Å². The third-order valence-electron chi connectivity index (χ3n) is 4.52. The molecule has 0 saturated carbocycles. The SMILES string of the molecule is N[C@@H](Cc1ccccc1)C(=O)Nc1cccc(NC(=O)[C@@H](N)Cc2ccccc2)n1. The number of carbonyl (C=O) groups excluding carboxylic acids is 2. The van der Waals surface area contributed by atoms with Crippen LogP contribution in [0.3, 0.4) is 0 Å². The topological polar surface area (TPSA) is 123 Å². The molecule has 2 aromatic carbocycles. The molecular weight excluding hydrogens is 378 g/mol.